The van der Waals surface area contributed by atoms with Crippen LogP contribution in [0.15, 0.2) is 0 Å². The Hall–Kier alpha value is -0.120. The molecular formula is C11H16O3. The summed E-state index contributed by atoms with van der Waals surface area (Å²) in [7, 11) is 0. The number of rotatable bonds is 0. The maximum Gasteiger partial charge on any atom is 0.0982 e. The lowest BCUT2D eigenvalue weighted by molar-refractivity contribution is -0.191. The van der Waals surface area contributed by atoms with E-state index in [1.54, 1.807) is 0 Å². The molecule has 1 saturated heterocycles. The topological polar surface area (TPSA) is 49.7 Å². The summed E-state index contributed by atoms with van der Waals surface area (Å²) >= 11 is 0. The first-order valence-electron chi connectivity index (χ1n) is 5.67. The zero-order valence-electron chi connectivity index (χ0n) is 8.20. The van der Waals surface area contributed by atoms with Gasteiger partial charge in [-0.3, -0.25) is 0 Å². The molecule has 3 atom stereocenters. The molecule has 78 valence electrons. The van der Waals surface area contributed by atoms with Gasteiger partial charge in [-0.25, -0.2) is 0 Å². The fraction of sp³-hybridized carbons (Fsp3) is 1.00. The first-order valence-corrected chi connectivity index (χ1v) is 5.67. The molecule has 0 aromatic rings. The van der Waals surface area contributed by atoms with E-state index < -0.39 is 0 Å². The number of aliphatic hydroxyl groups is 2. The second-order valence-corrected chi connectivity index (χ2v) is 5.89. The normalized spacial score (nSPS) is 55.3. The van der Waals surface area contributed by atoms with Gasteiger partial charge in [0, 0.05) is 11.8 Å². The molecule has 3 spiro atoms. The van der Waals surface area contributed by atoms with Crippen LogP contribution in [0, 0.1) is 5.41 Å². The fourth-order valence-corrected chi connectivity index (χ4v) is 3.42. The highest BCUT2D eigenvalue weighted by molar-refractivity contribution is 5.25. The van der Waals surface area contributed by atoms with Crippen molar-refractivity contribution in [1.82, 2.24) is 0 Å². The molecule has 4 aliphatic rings. The SMILES string of the molecule is OC1CC12CC1(CC1)[C@@H](O)C1(CC1)O2. The summed E-state index contributed by atoms with van der Waals surface area (Å²) in [6.45, 7) is 0. The molecule has 4 rings (SSSR count). The van der Waals surface area contributed by atoms with Crippen LogP contribution in [0.3, 0.4) is 0 Å². The Kier molecular flexibility index (Phi) is 1.10. The zero-order chi connectivity index (χ0) is 9.60. The van der Waals surface area contributed by atoms with Gasteiger partial charge in [0.25, 0.3) is 0 Å². The lowest BCUT2D eigenvalue weighted by Gasteiger charge is -2.41. The Bertz CT molecular complexity index is 282. The smallest absolute Gasteiger partial charge is 0.0982 e. The van der Waals surface area contributed by atoms with Crippen LogP contribution in [0.5, 0.6) is 0 Å². The molecule has 3 nitrogen and oxygen atoms in total. The molecule has 3 heteroatoms. The van der Waals surface area contributed by atoms with Crippen molar-refractivity contribution in [3.05, 3.63) is 0 Å². The third-order valence-corrected chi connectivity index (χ3v) is 4.76. The summed E-state index contributed by atoms with van der Waals surface area (Å²) < 4.78 is 5.98. The molecular weight excluding hydrogens is 180 g/mol. The first kappa shape index (κ1) is 8.08. The lowest BCUT2D eigenvalue weighted by Crippen LogP contribution is -2.50. The van der Waals surface area contributed by atoms with Crippen LogP contribution < -0.4 is 0 Å². The standard InChI is InChI=1S/C11H16O3/c12-7-5-11(7)6-9(1-2-9)8(13)10(14-11)3-4-10/h7-8,12-13H,1-6H2/t7?,8-,11?/m1/s1. The predicted molar refractivity (Wildman–Crippen MR) is 48.7 cm³/mol. The molecule has 1 heterocycles. The molecule has 0 bridgehead atoms. The Morgan fingerprint density at radius 1 is 1.00 bits per heavy atom. The second kappa shape index (κ2) is 1.91. The van der Waals surface area contributed by atoms with Gasteiger partial charge >= 0.3 is 0 Å². The molecule has 2 N–H and O–H groups in total. The van der Waals surface area contributed by atoms with E-state index in [-0.39, 0.29) is 28.8 Å². The maximum absolute atomic E-state index is 10.2. The van der Waals surface area contributed by atoms with Crippen LogP contribution in [0.25, 0.3) is 0 Å². The fourth-order valence-electron chi connectivity index (χ4n) is 3.42. The highest BCUT2D eigenvalue weighted by Gasteiger charge is 2.75. The summed E-state index contributed by atoms with van der Waals surface area (Å²) in [4.78, 5) is 0. The van der Waals surface area contributed by atoms with Gasteiger partial charge in [0.2, 0.25) is 0 Å². The van der Waals surface area contributed by atoms with Gasteiger partial charge < -0.3 is 14.9 Å². The minimum Gasteiger partial charge on any atom is -0.390 e. The van der Waals surface area contributed by atoms with Crippen molar-refractivity contribution in [2.24, 2.45) is 5.41 Å². The minimum atomic E-state index is -0.259. The number of ether oxygens (including phenoxy) is 1. The average Bonchev–Trinajstić information content (AvgIpc) is 2.99. The van der Waals surface area contributed by atoms with Gasteiger partial charge in [-0.1, -0.05) is 0 Å². The van der Waals surface area contributed by atoms with E-state index in [1.165, 1.54) is 0 Å². The van der Waals surface area contributed by atoms with Crippen molar-refractivity contribution >= 4 is 0 Å². The van der Waals surface area contributed by atoms with Gasteiger partial charge in [-0.05, 0) is 32.1 Å². The molecule has 4 fully saturated rings. The van der Waals surface area contributed by atoms with E-state index >= 15 is 0 Å². The Labute approximate surface area is 83.1 Å². The lowest BCUT2D eigenvalue weighted by atomic mass is 9.83. The van der Waals surface area contributed by atoms with Crippen molar-refractivity contribution in [3.63, 3.8) is 0 Å². The zero-order valence-corrected chi connectivity index (χ0v) is 8.20. The molecule has 0 aromatic heterocycles. The molecule has 3 saturated carbocycles. The van der Waals surface area contributed by atoms with Crippen LogP contribution in [0.1, 0.15) is 38.5 Å². The second-order valence-electron chi connectivity index (χ2n) is 5.89. The van der Waals surface area contributed by atoms with Crippen LogP contribution in [0.2, 0.25) is 0 Å². The minimum absolute atomic E-state index is 0.131. The van der Waals surface area contributed by atoms with Crippen LogP contribution >= 0.6 is 0 Å². The third kappa shape index (κ3) is 0.765. The summed E-state index contributed by atoms with van der Waals surface area (Å²) in [5.41, 5.74) is -0.356. The first-order chi connectivity index (χ1) is 6.61. The summed E-state index contributed by atoms with van der Waals surface area (Å²) in [5.74, 6) is 0. The van der Waals surface area contributed by atoms with E-state index in [1.807, 2.05) is 0 Å². The van der Waals surface area contributed by atoms with Crippen molar-refractivity contribution in [3.8, 4) is 0 Å². The average molecular weight is 196 g/mol. The quantitative estimate of drug-likeness (QED) is 0.596. The molecule has 1 aliphatic heterocycles. The van der Waals surface area contributed by atoms with Crippen molar-refractivity contribution in [2.45, 2.75) is 61.9 Å². The highest BCUT2D eigenvalue weighted by Crippen LogP contribution is 2.70. The Morgan fingerprint density at radius 3 is 2.07 bits per heavy atom. The predicted octanol–water partition coefficient (Wildman–Crippen LogP) is 0.584. The molecule has 0 aromatic carbocycles. The Morgan fingerprint density at radius 2 is 1.64 bits per heavy atom. The largest absolute Gasteiger partial charge is 0.390 e. The van der Waals surface area contributed by atoms with E-state index in [4.69, 9.17) is 4.74 Å². The summed E-state index contributed by atoms with van der Waals surface area (Å²) in [6.07, 6.45) is 5.42. The third-order valence-electron chi connectivity index (χ3n) is 4.76. The number of hydrogen-bond donors (Lipinski definition) is 2. The van der Waals surface area contributed by atoms with Gasteiger partial charge in [-0.15, -0.1) is 0 Å². The van der Waals surface area contributed by atoms with Crippen LogP contribution in [-0.2, 0) is 4.74 Å². The summed E-state index contributed by atoms with van der Waals surface area (Å²) in [6, 6.07) is 0. The molecule has 14 heavy (non-hydrogen) atoms. The number of hydrogen-bond acceptors (Lipinski definition) is 3. The highest BCUT2D eigenvalue weighted by atomic mass is 16.6. The van der Waals surface area contributed by atoms with Crippen molar-refractivity contribution in [1.29, 1.82) is 0 Å². The molecule has 0 amide bonds. The van der Waals surface area contributed by atoms with Crippen molar-refractivity contribution in [2.75, 3.05) is 0 Å². The molecule has 0 radical (unpaired) electrons. The maximum atomic E-state index is 10.2. The molecule has 3 aliphatic carbocycles. The summed E-state index contributed by atoms with van der Waals surface area (Å²) in [5, 5.41) is 19.9. The van der Waals surface area contributed by atoms with Gasteiger partial charge in [0.05, 0.1) is 23.4 Å². The van der Waals surface area contributed by atoms with E-state index in [2.05, 4.69) is 0 Å². The van der Waals surface area contributed by atoms with Gasteiger partial charge in [-0.2, -0.15) is 0 Å². The van der Waals surface area contributed by atoms with E-state index in [9.17, 15) is 10.2 Å². The monoisotopic (exact) mass is 196 g/mol. The number of aliphatic hydroxyl groups excluding tert-OH is 2. The van der Waals surface area contributed by atoms with Gasteiger partial charge in [0.15, 0.2) is 0 Å². The van der Waals surface area contributed by atoms with Crippen molar-refractivity contribution < 1.29 is 14.9 Å². The van der Waals surface area contributed by atoms with Gasteiger partial charge in [0.1, 0.15) is 0 Å². The van der Waals surface area contributed by atoms with Crippen LogP contribution in [-0.4, -0.2) is 33.6 Å². The van der Waals surface area contributed by atoms with E-state index in [0.717, 1.165) is 38.5 Å². The molecule has 2 unspecified atom stereocenters. The Balaban J connectivity index is 1.71. The van der Waals surface area contributed by atoms with Crippen LogP contribution in [0.4, 0.5) is 0 Å². The van der Waals surface area contributed by atoms with E-state index in [0.29, 0.717) is 0 Å².